The van der Waals surface area contributed by atoms with Crippen LogP contribution in [0.4, 0.5) is 0 Å². The third kappa shape index (κ3) is 3.88. The van der Waals surface area contributed by atoms with Gasteiger partial charge in [0.1, 0.15) is 17.6 Å². The van der Waals surface area contributed by atoms with Gasteiger partial charge in [0.2, 0.25) is 0 Å². The molecule has 2 bridgehead atoms. The molecule has 7 nitrogen and oxygen atoms in total. The number of hydrogen-bond donors (Lipinski definition) is 2. The fourth-order valence-corrected chi connectivity index (χ4v) is 10.8. The molecule has 1 aromatic rings. The Morgan fingerprint density at radius 3 is 2.52 bits per heavy atom. The normalized spacial score (nSPS) is 41.9. The summed E-state index contributed by atoms with van der Waals surface area (Å²) in [7, 11) is 3.61. The van der Waals surface area contributed by atoms with E-state index < -0.39 is 23.0 Å². The predicted molar refractivity (Wildman–Crippen MR) is 168 cm³/mol. The van der Waals surface area contributed by atoms with E-state index >= 15 is 0 Å². The zero-order valence-corrected chi connectivity index (χ0v) is 27.3. The average Bonchev–Trinajstić information content (AvgIpc) is 3.49. The van der Waals surface area contributed by atoms with Gasteiger partial charge >= 0.3 is 5.97 Å². The van der Waals surface area contributed by atoms with Crippen molar-refractivity contribution in [1.82, 2.24) is 4.90 Å². The highest BCUT2D eigenvalue weighted by atomic mass is 16.6. The lowest BCUT2D eigenvalue weighted by Crippen LogP contribution is -2.69. The molecule has 4 fully saturated rings. The van der Waals surface area contributed by atoms with Crippen LogP contribution < -0.4 is 4.74 Å². The van der Waals surface area contributed by atoms with E-state index in [9.17, 15) is 15.0 Å². The number of aliphatic hydroxyl groups excluding tert-OH is 2. The molecule has 0 radical (unpaired) electrons. The van der Waals surface area contributed by atoms with E-state index in [1.165, 1.54) is 5.57 Å². The van der Waals surface area contributed by atoms with Crippen LogP contribution in [-0.4, -0.2) is 73.3 Å². The maximum Gasteiger partial charge on any atom is 0.355 e. The first-order valence-electron chi connectivity index (χ1n) is 16.5. The number of allylic oxidation sites excluding steroid dienone is 2. The van der Waals surface area contributed by atoms with Crippen molar-refractivity contribution in [2.45, 2.75) is 72.2 Å². The highest BCUT2D eigenvalue weighted by Gasteiger charge is 2.80. The number of methoxy groups -OCH3 is 1. The summed E-state index contributed by atoms with van der Waals surface area (Å²) in [5.41, 5.74) is 3.47. The maximum atomic E-state index is 14.6. The number of fused-ring (bicyclic) bond motifs is 3. The molecule has 238 valence electrons. The number of benzene rings is 1. The van der Waals surface area contributed by atoms with Gasteiger partial charge in [0.15, 0.2) is 0 Å². The standard InChI is InChI=1S/C37H49NO6/c1-20-12-13-38(6)30(26(14-20)23-8-10-25(42-7)11-9-23)34(41)44-32-21(2)17-36-22(3)15-28-29(35(28,4)5)27(31(36)40)16-24(18-39)33-37(32,36)19-43-33/h8-11,14,16,21-22,27-29,31-33,39-40H,12-13,15,17-19H2,1-7H3. The first kappa shape index (κ1) is 30.1. The smallest absolute Gasteiger partial charge is 0.355 e. The van der Waals surface area contributed by atoms with Crippen LogP contribution >= 0.6 is 0 Å². The van der Waals surface area contributed by atoms with Gasteiger partial charge in [0.25, 0.3) is 0 Å². The van der Waals surface area contributed by atoms with Gasteiger partial charge in [0, 0.05) is 30.5 Å². The number of rotatable bonds is 5. The molecule has 44 heavy (non-hydrogen) atoms. The van der Waals surface area contributed by atoms with E-state index in [4.69, 9.17) is 14.2 Å². The molecule has 7 heteroatoms. The van der Waals surface area contributed by atoms with E-state index in [1.54, 1.807) is 7.11 Å². The Bertz CT molecular complexity index is 1440. The molecule has 2 aliphatic heterocycles. The second-order valence-corrected chi connectivity index (χ2v) is 15.4. The van der Waals surface area contributed by atoms with Crippen LogP contribution in [0, 0.1) is 45.8 Å². The van der Waals surface area contributed by atoms with Gasteiger partial charge in [-0.2, -0.15) is 0 Å². The first-order chi connectivity index (χ1) is 20.9. The van der Waals surface area contributed by atoms with Crippen LogP contribution in [-0.2, 0) is 14.3 Å². The minimum atomic E-state index is -0.596. The van der Waals surface area contributed by atoms with Gasteiger partial charge in [0.05, 0.1) is 37.9 Å². The number of aliphatic hydroxyl groups is 2. The van der Waals surface area contributed by atoms with E-state index in [2.05, 4.69) is 46.8 Å². The monoisotopic (exact) mass is 603 g/mol. The lowest BCUT2D eigenvalue weighted by Gasteiger charge is -2.61. The Labute approximate surface area is 261 Å². The van der Waals surface area contributed by atoms with Crippen molar-refractivity contribution in [2.75, 3.05) is 33.9 Å². The minimum Gasteiger partial charge on any atom is -0.497 e. The maximum absolute atomic E-state index is 14.6. The van der Waals surface area contributed by atoms with Crippen molar-refractivity contribution in [2.24, 2.45) is 45.8 Å². The minimum absolute atomic E-state index is 0.0296. The molecule has 2 spiro atoms. The van der Waals surface area contributed by atoms with E-state index in [1.807, 2.05) is 36.2 Å². The Morgan fingerprint density at radius 1 is 1.16 bits per heavy atom. The third-order valence-electron chi connectivity index (χ3n) is 13.1. The molecule has 2 heterocycles. The largest absolute Gasteiger partial charge is 0.497 e. The summed E-state index contributed by atoms with van der Waals surface area (Å²) < 4.78 is 18.5. The van der Waals surface area contributed by atoms with Crippen molar-refractivity contribution in [3.05, 3.63) is 58.8 Å². The SMILES string of the molecule is COc1ccc(C2=C(C(=O)OC3C(C)CC45C(C)CC6C(C(C=C(CO)C7OCC734)C5O)C6(C)C)N(C)CCC(C)=C2)cc1. The van der Waals surface area contributed by atoms with E-state index in [0.29, 0.717) is 30.7 Å². The number of carbonyl (C=O) groups is 1. The molecule has 1 saturated heterocycles. The average molecular weight is 604 g/mol. The van der Waals surface area contributed by atoms with E-state index in [-0.39, 0.29) is 41.8 Å². The summed E-state index contributed by atoms with van der Waals surface area (Å²) in [6, 6.07) is 7.82. The Morgan fingerprint density at radius 2 is 1.89 bits per heavy atom. The number of nitrogens with zero attached hydrogens (tertiary/aromatic N) is 1. The summed E-state index contributed by atoms with van der Waals surface area (Å²) in [4.78, 5) is 16.6. The van der Waals surface area contributed by atoms with E-state index in [0.717, 1.165) is 41.7 Å². The number of hydrogen-bond acceptors (Lipinski definition) is 7. The summed E-state index contributed by atoms with van der Waals surface area (Å²) in [5, 5.41) is 23.2. The third-order valence-corrected chi connectivity index (χ3v) is 13.1. The van der Waals surface area contributed by atoms with Crippen LogP contribution in [0.5, 0.6) is 5.75 Å². The molecule has 0 amide bonds. The fourth-order valence-electron chi connectivity index (χ4n) is 10.8. The second kappa shape index (κ2) is 10.2. The molecule has 3 saturated carbocycles. The second-order valence-electron chi connectivity index (χ2n) is 15.4. The molecule has 10 atom stereocenters. The van der Waals surface area contributed by atoms with Crippen molar-refractivity contribution >= 4 is 11.5 Å². The number of likely N-dealkylation sites (N-methyl/N-ethyl adjacent to an activating group) is 1. The predicted octanol–water partition coefficient (Wildman–Crippen LogP) is 5.23. The van der Waals surface area contributed by atoms with Crippen molar-refractivity contribution in [3.8, 4) is 5.75 Å². The summed E-state index contributed by atoms with van der Waals surface area (Å²) in [6.45, 7) is 12.3. The summed E-state index contributed by atoms with van der Waals surface area (Å²) in [6.07, 6.45) is 5.53. The van der Waals surface area contributed by atoms with Crippen LogP contribution in [0.2, 0.25) is 0 Å². The quantitative estimate of drug-likeness (QED) is 0.352. The summed E-state index contributed by atoms with van der Waals surface area (Å²) in [5.74, 6) is 1.54. The number of esters is 1. The number of ether oxygens (including phenoxy) is 3. The van der Waals surface area contributed by atoms with Gasteiger partial charge in [-0.05, 0) is 78.5 Å². The van der Waals surface area contributed by atoms with Crippen molar-refractivity contribution in [3.63, 3.8) is 0 Å². The van der Waals surface area contributed by atoms with Gasteiger partial charge in [-0.25, -0.2) is 4.79 Å². The van der Waals surface area contributed by atoms with Crippen LogP contribution in [0.3, 0.4) is 0 Å². The molecule has 7 rings (SSSR count). The molecular formula is C37H49NO6. The molecule has 0 aromatic heterocycles. The Kier molecular flexibility index (Phi) is 6.97. The highest BCUT2D eigenvalue weighted by Crippen LogP contribution is 2.77. The highest BCUT2D eigenvalue weighted by molar-refractivity contribution is 6.00. The lowest BCUT2D eigenvalue weighted by molar-refractivity contribution is -0.286. The fraction of sp³-hybridized carbons (Fsp3) is 0.649. The zero-order valence-electron chi connectivity index (χ0n) is 27.3. The zero-order chi connectivity index (χ0) is 31.3. The number of carbonyl (C=O) groups excluding carboxylic acids is 1. The van der Waals surface area contributed by atoms with Crippen molar-refractivity contribution in [1.29, 1.82) is 0 Å². The first-order valence-corrected chi connectivity index (χ1v) is 16.5. The van der Waals surface area contributed by atoms with Gasteiger partial charge in [-0.1, -0.05) is 57.6 Å². The topological polar surface area (TPSA) is 88.5 Å². The van der Waals surface area contributed by atoms with Crippen LogP contribution in [0.1, 0.15) is 59.4 Å². The molecule has 2 N–H and O–H groups in total. The van der Waals surface area contributed by atoms with Gasteiger partial charge in [-0.15, -0.1) is 0 Å². The Balaban J connectivity index is 1.32. The van der Waals surface area contributed by atoms with Crippen LogP contribution in [0.15, 0.2) is 53.3 Å². The van der Waals surface area contributed by atoms with Gasteiger partial charge in [-0.3, -0.25) is 0 Å². The lowest BCUT2D eigenvalue weighted by atomic mass is 9.51. The molecule has 10 unspecified atom stereocenters. The molecule has 6 aliphatic rings. The summed E-state index contributed by atoms with van der Waals surface area (Å²) >= 11 is 0. The molecule has 1 aromatic carbocycles. The Hall–Kier alpha value is -2.61. The van der Waals surface area contributed by atoms with Crippen molar-refractivity contribution < 1.29 is 29.2 Å². The van der Waals surface area contributed by atoms with Gasteiger partial charge < -0.3 is 29.3 Å². The molecule has 4 aliphatic carbocycles. The van der Waals surface area contributed by atoms with Crippen LogP contribution in [0.25, 0.3) is 5.57 Å². The molecular weight excluding hydrogens is 554 g/mol.